The summed E-state index contributed by atoms with van der Waals surface area (Å²) in [5.41, 5.74) is 0.915. The Labute approximate surface area is 79.5 Å². The molecule has 0 rings (SSSR count). The van der Waals surface area contributed by atoms with Crippen molar-refractivity contribution in [2.45, 2.75) is 34.6 Å². The molecule has 0 atom stereocenters. The van der Waals surface area contributed by atoms with Gasteiger partial charge in [-0.05, 0) is 40.2 Å². The Morgan fingerprint density at radius 1 is 1.31 bits per heavy atom. The Kier molecular flexibility index (Phi) is 3.85. The van der Waals surface area contributed by atoms with E-state index < -0.39 is 5.41 Å². The number of nitrogens with zero attached hydrogens (tertiary/aromatic N) is 1. The first kappa shape index (κ1) is 11.9. The molecule has 0 unspecified atom stereocenters. The van der Waals surface area contributed by atoms with Crippen molar-refractivity contribution in [3.63, 3.8) is 0 Å². The lowest BCUT2D eigenvalue weighted by atomic mass is 9.98. The summed E-state index contributed by atoms with van der Waals surface area (Å²) in [5.74, 6) is -0.340. The van der Waals surface area contributed by atoms with Crippen molar-refractivity contribution < 1.29 is 9.63 Å². The van der Waals surface area contributed by atoms with Gasteiger partial charge in [-0.15, -0.1) is 0 Å². The third kappa shape index (κ3) is 4.45. The van der Waals surface area contributed by atoms with Crippen LogP contribution < -0.4 is 0 Å². The van der Waals surface area contributed by atoms with Gasteiger partial charge in [-0.2, -0.15) is 0 Å². The van der Waals surface area contributed by atoms with Crippen molar-refractivity contribution >= 4 is 11.7 Å². The van der Waals surface area contributed by atoms with Gasteiger partial charge in [0.05, 0.1) is 11.1 Å². The average Bonchev–Trinajstić information content (AvgIpc) is 1.97. The van der Waals surface area contributed by atoms with Crippen LogP contribution in [-0.4, -0.2) is 11.7 Å². The van der Waals surface area contributed by atoms with Gasteiger partial charge in [0.15, 0.2) is 0 Å². The third-order valence-electron chi connectivity index (χ3n) is 1.50. The topological polar surface area (TPSA) is 38.7 Å². The largest absolute Gasteiger partial charge is 0.340 e. The van der Waals surface area contributed by atoms with Crippen molar-refractivity contribution in [3.05, 3.63) is 12.2 Å². The Morgan fingerprint density at radius 3 is 2.08 bits per heavy atom. The van der Waals surface area contributed by atoms with Gasteiger partial charge >= 0.3 is 5.97 Å². The van der Waals surface area contributed by atoms with Gasteiger partial charge in [-0.3, -0.25) is 0 Å². The van der Waals surface area contributed by atoms with Crippen LogP contribution in [0.3, 0.4) is 0 Å². The van der Waals surface area contributed by atoms with Crippen molar-refractivity contribution in [2.75, 3.05) is 0 Å². The van der Waals surface area contributed by atoms with Crippen LogP contribution in [0.25, 0.3) is 0 Å². The summed E-state index contributed by atoms with van der Waals surface area (Å²) in [6.07, 6.45) is 0. The lowest BCUT2D eigenvalue weighted by Crippen LogP contribution is -2.21. The number of carbonyl (C=O) groups excluding carboxylic acids is 1. The SMILES string of the molecule is C=C(C)/C(C)=N/OC(=O)C(C)(C)C. The summed E-state index contributed by atoms with van der Waals surface area (Å²) in [6.45, 7) is 12.6. The molecule has 0 heterocycles. The van der Waals surface area contributed by atoms with Crippen LogP contribution >= 0.6 is 0 Å². The minimum absolute atomic E-state index is 0.340. The molecule has 0 bridgehead atoms. The second-order valence-corrected chi connectivity index (χ2v) is 4.09. The molecule has 0 saturated carbocycles. The average molecular weight is 183 g/mol. The molecule has 3 nitrogen and oxygen atoms in total. The Morgan fingerprint density at radius 2 is 1.77 bits per heavy atom. The van der Waals surface area contributed by atoms with E-state index >= 15 is 0 Å². The van der Waals surface area contributed by atoms with E-state index in [1.165, 1.54) is 0 Å². The number of hydrogen-bond acceptors (Lipinski definition) is 3. The monoisotopic (exact) mass is 183 g/mol. The van der Waals surface area contributed by atoms with E-state index in [9.17, 15) is 4.79 Å². The molecule has 0 spiro atoms. The molecule has 0 amide bonds. The van der Waals surface area contributed by atoms with Gasteiger partial charge in [-0.25, -0.2) is 4.79 Å². The maximum absolute atomic E-state index is 11.2. The molecule has 0 aliphatic rings. The zero-order valence-corrected chi connectivity index (χ0v) is 8.97. The predicted molar refractivity (Wildman–Crippen MR) is 53.5 cm³/mol. The Bertz CT molecular complexity index is 246. The van der Waals surface area contributed by atoms with Crippen LogP contribution in [0.15, 0.2) is 17.3 Å². The summed E-state index contributed by atoms with van der Waals surface area (Å²) in [7, 11) is 0. The highest BCUT2D eigenvalue weighted by atomic mass is 16.7. The van der Waals surface area contributed by atoms with Gasteiger partial charge in [0.25, 0.3) is 0 Å². The molecule has 0 fully saturated rings. The molecule has 0 aromatic heterocycles. The number of allylic oxidation sites excluding steroid dienone is 1. The molecule has 13 heavy (non-hydrogen) atoms. The molecule has 0 N–H and O–H groups in total. The Balaban J connectivity index is 4.26. The number of carbonyl (C=O) groups is 1. The molecule has 0 radical (unpaired) electrons. The summed E-state index contributed by atoms with van der Waals surface area (Å²) in [6, 6.07) is 0. The molecule has 0 aliphatic heterocycles. The fraction of sp³-hybridized carbons (Fsp3) is 0.600. The van der Waals surface area contributed by atoms with Crippen LogP contribution in [0.1, 0.15) is 34.6 Å². The molecule has 0 aromatic rings. The van der Waals surface area contributed by atoms with Crippen molar-refractivity contribution in [3.8, 4) is 0 Å². The van der Waals surface area contributed by atoms with E-state index in [1.54, 1.807) is 27.7 Å². The summed E-state index contributed by atoms with van der Waals surface area (Å²) >= 11 is 0. The van der Waals surface area contributed by atoms with Crippen LogP contribution in [0.4, 0.5) is 0 Å². The van der Waals surface area contributed by atoms with E-state index in [0.717, 1.165) is 5.57 Å². The van der Waals surface area contributed by atoms with E-state index in [0.29, 0.717) is 5.71 Å². The second-order valence-electron chi connectivity index (χ2n) is 4.09. The van der Waals surface area contributed by atoms with Crippen LogP contribution in [0.5, 0.6) is 0 Å². The molecular formula is C10H17NO2. The predicted octanol–water partition coefficient (Wildman–Crippen LogP) is 2.53. The van der Waals surface area contributed by atoms with Gasteiger partial charge in [0.2, 0.25) is 0 Å². The molecule has 0 aromatic carbocycles. The van der Waals surface area contributed by atoms with E-state index in [-0.39, 0.29) is 5.97 Å². The van der Waals surface area contributed by atoms with E-state index in [1.807, 2.05) is 6.92 Å². The standard InChI is InChI=1S/C10H17NO2/c1-7(2)8(3)11-13-9(12)10(4,5)6/h1H2,2-6H3/b11-8+. The highest BCUT2D eigenvalue weighted by molar-refractivity contribution is 5.97. The fourth-order valence-corrected chi connectivity index (χ4v) is 0.325. The fourth-order valence-electron chi connectivity index (χ4n) is 0.325. The van der Waals surface area contributed by atoms with Crippen LogP contribution in [0.2, 0.25) is 0 Å². The van der Waals surface area contributed by atoms with Crippen LogP contribution in [-0.2, 0) is 9.63 Å². The quantitative estimate of drug-likeness (QED) is 0.375. The minimum Gasteiger partial charge on any atom is -0.317 e. The second kappa shape index (κ2) is 4.21. The van der Waals surface area contributed by atoms with Crippen molar-refractivity contribution in [2.24, 2.45) is 10.6 Å². The highest BCUT2D eigenvalue weighted by Gasteiger charge is 2.23. The zero-order chi connectivity index (χ0) is 10.6. The lowest BCUT2D eigenvalue weighted by molar-refractivity contribution is -0.152. The third-order valence-corrected chi connectivity index (χ3v) is 1.50. The summed E-state index contributed by atoms with van der Waals surface area (Å²) in [4.78, 5) is 16.0. The zero-order valence-electron chi connectivity index (χ0n) is 8.97. The summed E-state index contributed by atoms with van der Waals surface area (Å²) < 4.78 is 0. The maximum atomic E-state index is 11.2. The first-order chi connectivity index (χ1) is 5.75. The van der Waals surface area contributed by atoms with Crippen molar-refractivity contribution in [1.29, 1.82) is 0 Å². The van der Waals surface area contributed by atoms with Crippen molar-refractivity contribution in [1.82, 2.24) is 0 Å². The smallest absolute Gasteiger partial charge is 0.317 e. The molecule has 0 saturated heterocycles. The highest BCUT2D eigenvalue weighted by Crippen LogP contribution is 2.15. The normalized spacial score (nSPS) is 12.5. The maximum Gasteiger partial charge on any atom is 0.340 e. The Hall–Kier alpha value is -1.12. The first-order valence-corrected chi connectivity index (χ1v) is 4.17. The van der Waals surface area contributed by atoms with Gasteiger partial charge in [0, 0.05) is 0 Å². The molecule has 74 valence electrons. The van der Waals surface area contributed by atoms with Gasteiger partial charge in [-0.1, -0.05) is 11.7 Å². The van der Waals surface area contributed by atoms with E-state index in [4.69, 9.17) is 4.84 Å². The minimum atomic E-state index is -0.515. The van der Waals surface area contributed by atoms with E-state index in [2.05, 4.69) is 11.7 Å². The summed E-state index contributed by atoms with van der Waals surface area (Å²) in [5, 5.41) is 3.66. The number of rotatable bonds is 2. The number of hydrogen-bond donors (Lipinski definition) is 0. The van der Waals surface area contributed by atoms with Gasteiger partial charge < -0.3 is 4.84 Å². The number of oxime groups is 1. The van der Waals surface area contributed by atoms with Gasteiger partial charge in [0.1, 0.15) is 0 Å². The van der Waals surface area contributed by atoms with Crippen LogP contribution in [0, 0.1) is 5.41 Å². The molecule has 0 aliphatic carbocycles. The first-order valence-electron chi connectivity index (χ1n) is 4.17. The molecule has 3 heteroatoms. The lowest BCUT2D eigenvalue weighted by Gasteiger charge is -2.13. The molecular weight excluding hydrogens is 166 g/mol.